The largest absolute Gasteiger partial charge is 0.456 e. The smallest absolute Gasteiger partial charge is 0.306 e. The van der Waals surface area contributed by atoms with Crippen LogP contribution in [0.3, 0.4) is 0 Å². The molecule has 0 bridgehead atoms. The van der Waals surface area contributed by atoms with Crippen LogP contribution in [0.2, 0.25) is 0 Å². The number of carbonyl (C=O) groups is 3. The summed E-state index contributed by atoms with van der Waals surface area (Å²) in [5, 5.41) is 5.57. The van der Waals surface area contributed by atoms with Crippen molar-refractivity contribution in [2.75, 3.05) is 11.9 Å². The van der Waals surface area contributed by atoms with Crippen molar-refractivity contribution in [3.8, 4) is 0 Å². The monoisotopic (exact) mass is 332 g/mol. The van der Waals surface area contributed by atoms with Crippen LogP contribution in [0.15, 0.2) is 30.3 Å². The van der Waals surface area contributed by atoms with Crippen molar-refractivity contribution >= 4 is 23.5 Å². The standard InChI is InChI=1S/C18H24N2O4/c21-16(19-14-7-3-1-4-8-14)11-12-18(23)24-13-17(22)20-15-9-5-2-6-10-15/h2,5-6,9-10,14H,1,3-4,7-8,11-13H2,(H,19,21)(H,20,22). The Morgan fingerprint density at radius 2 is 1.67 bits per heavy atom. The second-order valence-electron chi connectivity index (χ2n) is 5.98. The molecule has 2 N–H and O–H groups in total. The van der Waals surface area contributed by atoms with Crippen molar-refractivity contribution in [2.45, 2.75) is 51.0 Å². The van der Waals surface area contributed by atoms with E-state index in [0.29, 0.717) is 5.69 Å². The van der Waals surface area contributed by atoms with E-state index in [-0.39, 0.29) is 31.4 Å². The summed E-state index contributed by atoms with van der Waals surface area (Å²) in [7, 11) is 0. The van der Waals surface area contributed by atoms with Gasteiger partial charge in [0, 0.05) is 18.2 Å². The molecule has 2 amide bonds. The molecule has 2 rings (SSSR count). The summed E-state index contributed by atoms with van der Waals surface area (Å²) < 4.78 is 4.89. The maximum Gasteiger partial charge on any atom is 0.306 e. The Bertz CT molecular complexity index is 553. The maximum atomic E-state index is 11.8. The van der Waals surface area contributed by atoms with Crippen LogP contribution in [-0.2, 0) is 19.1 Å². The van der Waals surface area contributed by atoms with Crippen molar-refractivity contribution in [2.24, 2.45) is 0 Å². The fraction of sp³-hybridized carbons (Fsp3) is 0.500. The number of carbonyl (C=O) groups excluding carboxylic acids is 3. The van der Waals surface area contributed by atoms with E-state index >= 15 is 0 Å². The Morgan fingerprint density at radius 3 is 2.38 bits per heavy atom. The first kappa shape index (κ1) is 18.0. The molecule has 0 heterocycles. The predicted octanol–water partition coefficient (Wildman–Crippen LogP) is 2.40. The number of amides is 2. The molecule has 0 atom stereocenters. The van der Waals surface area contributed by atoms with Crippen LogP contribution in [0.4, 0.5) is 5.69 Å². The molecule has 1 saturated carbocycles. The third kappa shape index (κ3) is 6.81. The molecule has 1 aromatic rings. The lowest BCUT2D eigenvalue weighted by atomic mass is 9.95. The van der Waals surface area contributed by atoms with Crippen molar-refractivity contribution in [3.63, 3.8) is 0 Å². The van der Waals surface area contributed by atoms with Crippen molar-refractivity contribution in [1.82, 2.24) is 5.32 Å². The second kappa shape index (κ2) is 9.70. The molecule has 0 unspecified atom stereocenters. The minimum Gasteiger partial charge on any atom is -0.456 e. The molecule has 0 spiro atoms. The molecular weight excluding hydrogens is 308 g/mol. The maximum absolute atomic E-state index is 11.8. The number of para-hydroxylation sites is 1. The summed E-state index contributed by atoms with van der Waals surface area (Å²) in [6, 6.07) is 9.16. The molecule has 0 radical (unpaired) electrons. The Hall–Kier alpha value is -2.37. The Kier molecular flexibility index (Phi) is 7.26. The SMILES string of the molecule is O=C(COC(=O)CCC(=O)NC1CCCCC1)Nc1ccccc1. The van der Waals surface area contributed by atoms with E-state index in [1.54, 1.807) is 24.3 Å². The van der Waals surface area contributed by atoms with Gasteiger partial charge in [-0.05, 0) is 25.0 Å². The van der Waals surface area contributed by atoms with Crippen molar-refractivity contribution < 1.29 is 19.1 Å². The van der Waals surface area contributed by atoms with Gasteiger partial charge in [-0.15, -0.1) is 0 Å². The van der Waals surface area contributed by atoms with E-state index in [9.17, 15) is 14.4 Å². The van der Waals surface area contributed by atoms with E-state index in [1.165, 1.54) is 6.42 Å². The summed E-state index contributed by atoms with van der Waals surface area (Å²) in [6.45, 7) is -0.349. The van der Waals surface area contributed by atoms with Gasteiger partial charge < -0.3 is 15.4 Å². The van der Waals surface area contributed by atoms with Crippen LogP contribution in [0.5, 0.6) is 0 Å². The highest BCUT2D eigenvalue weighted by Gasteiger charge is 2.16. The summed E-state index contributed by atoms with van der Waals surface area (Å²) in [4.78, 5) is 35.1. The van der Waals surface area contributed by atoms with E-state index in [0.717, 1.165) is 25.7 Å². The minimum atomic E-state index is -0.544. The third-order valence-electron chi connectivity index (χ3n) is 3.95. The van der Waals surface area contributed by atoms with Crippen LogP contribution in [-0.4, -0.2) is 30.4 Å². The van der Waals surface area contributed by atoms with Crippen LogP contribution in [0.25, 0.3) is 0 Å². The molecule has 1 aliphatic rings. The fourth-order valence-electron chi connectivity index (χ4n) is 2.70. The topological polar surface area (TPSA) is 84.5 Å². The second-order valence-corrected chi connectivity index (χ2v) is 5.98. The number of rotatable bonds is 7. The quantitative estimate of drug-likeness (QED) is 0.751. The van der Waals surface area contributed by atoms with Crippen LogP contribution in [0.1, 0.15) is 44.9 Å². The van der Waals surface area contributed by atoms with Gasteiger partial charge in [-0.3, -0.25) is 14.4 Å². The normalized spacial score (nSPS) is 14.7. The van der Waals surface area contributed by atoms with Crippen LogP contribution >= 0.6 is 0 Å². The molecule has 0 aliphatic heterocycles. The summed E-state index contributed by atoms with van der Waals surface area (Å²) in [6.07, 6.45) is 5.61. The number of benzene rings is 1. The van der Waals surface area contributed by atoms with E-state index in [1.807, 2.05) is 6.07 Å². The lowest BCUT2D eigenvalue weighted by Crippen LogP contribution is -2.36. The summed E-state index contributed by atoms with van der Waals surface area (Å²) in [5.41, 5.74) is 0.644. The number of hydrogen-bond acceptors (Lipinski definition) is 4. The number of ether oxygens (including phenoxy) is 1. The zero-order valence-corrected chi connectivity index (χ0v) is 13.8. The summed E-state index contributed by atoms with van der Waals surface area (Å²) >= 11 is 0. The zero-order chi connectivity index (χ0) is 17.2. The average Bonchev–Trinajstić information content (AvgIpc) is 2.60. The predicted molar refractivity (Wildman–Crippen MR) is 90.3 cm³/mol. The highest BCUT2D eigenvalue weighted by Crippen LogP contribution is 2.17. The van der Waals surface area contributed by atoms with E-state index < -0.39 is 11.9 Å². The van der Waals surface area contributed by atoms with Crippen LogP contribution < -0.4 is 10.6 Å². The van der Waals surface area contributed by atoms with Gasteiger partial charge in [0.25, 0.3) is 5.91 Å². The molecule has 24 heavy (non-hydrogen) atoms. The van der Waals surface area contributed by atoms with Gasteiger partial charge in [-0.1, -0.05) is 37.5 Å². The molecule has 130 valence electrons. The first-order valence-electron chi connectivity index (χ1n) is 8.43. The third-order valence-corrected chi connectivity index (χ3v) is 3.95. The van der Waals surface area contributed by atoms with Crippen molar-refractivity contribution in [3.05, 3.63) is 30.3 Å². The highest BCUT2D eigenvalue weighted by molar-refractivity contribution is 5.92. The van der Waals surface area contributed by atoms with E-state index in [4.69, 9.17) is 4.74 Å². The first-order chi connectivity index (χ1) is 11.6. The van der Waals surface area contributed by atoms with Gasteiger partial charge in [0.1, 0.15) is 0 Å². The Balaban J connectivity index is 1.58. The number of esters is 1. The molecule has 1 fully saturated rings. The number of hydrogen-bond donors (Lipinski definition) is 2. The average molecular weight is 332 g/mol. The highest BCUT2D eigenvalue weighted by atomic mass is 16.5. The van der Waals surface area contributed by atoms with Gasteiger partial charge in [0.05, 0.1) is 6.42 Å². The van der Waals surface area contributed by atoms with Gasteiger partial charge >= 0.3 is 5.97 Å². The van der Waals surface area contributed by atoms with Gasteiger partial charge in [0.15, 0.2) is 6.61 Å². The summed E-state index contributed by atoms with van der Waals surface area (Å²) in [5.74, 6) is -1.08. The van der Waals surface area contributed by atoms with Gasteiger partial charge in [-0.2, -0.15) is 0 Å². The first-order valence-corrected chi connectivity index (χ1v) is 8.43. The molecule has 1 aromatic carbocycles. The Labute approximate surface area is 142 Å². The molecule has 6 nitrogen and oxygen atoms in total. The van der Waals surface area contributed by atoms with Gasteiger partial charge in [0.2, 0.25) is 5.91 Å². The molecule has 6 heteroatoms. The van der Waals surface area contributed by atoms with Gasteiger partial charge in [-0.25, -0.2) is 0 Å². The Morgan fingerprint density at radius 1 is 0.958 bits per heavy atom. The molecule has 0 aromatic heterocycles. The van der Waals surface area contributed by atoms with Crippen molar-refractivity contribution in [1.29, 1.82) is 0 Å². The van der Waals surface area contributed by atoms with Crippen LogP contribution in [0, 0.1) is 0 Å². The van der Waals surface area contributed by atoms with E-state index in [2.05, 4.69) is 10.6 Å². The molecule has 1 aliphatic carbocycles. The lowest BCUT2D eigenvalue weighted by Gasteiger charge is -2.22. The molecular formula is C18H24N2O4. The molecule has 0 saturated heterocycles. The number of anilines is 1. The zero-order valence-electron chi connectivity index (χ0n) is 13.8. The number of nitrogens with one attached hydrogen (secondary N) is 2. The fourth-order valence-corrected chi connectivity index (χ4v) is 2.70. The lowest BCUT2D eigenvalue weighted by molar-refractivity contribution is -0.148. The minimum absolute atomic E-state index is 0.0167.